The number of halogens is 1. The summed E-state index contributed by atoms with van der Waals surface area (Å²) in [5, 5.41) is 0. The average molecular weight is 288 g/mol. The molecule has 0 bridgehead atoms. The van der Waals surface area contributed by atoms with E-state index in [1.807, 2.05) is 13.8 Å². The van der Waals surface area contributed by atoms with E-state index in [-0.39, 0.29) is 23.4 Å². The summed E-state index contributed by atoms with van der Waals surface area (Å²) < 4.78 is 39.8. The van der Waals surface area contributed by atoms with Gasteiger partial charge in [-0.15, -0.1) is 0 Å². The summed E-state index contributed by atoms with van der Waals surface area (Å²) in [7, 11) is -2.35. The van der Waals surface area contributed by atoms with Gasteiger partial charge in [0.25, 0.3) is 0 Å². The van der Waals surface area contributed by atoms with Crippen molar-refractivity contribution in [2.45, 2.75) is 38.3 Å². The van der Waals surface area contributed by atoms with Crippen molar-refractivity contribution in [3.63, 3.8) is 0 Å². The zero-order chi connectivity index (χ0) is 14.8. The fraction of sp³-hybridized carbons (Fsp3) is 0.538. The third-order valence-corrected chi connectivity index (χ3v) is 5.41. The average Bonchev–Trinajstić information content (AvgIpc) is 2.36. The van der Waals surface area contributed by atoms with Crippen LogP contribution < -0.4 is 5.73 Å². The molecule has 0 amide bonds. The van der Waals surface area contributed by atoms with Crippen molar-refractivity contribution in [3.05, 3.63) is 29.6 Å². The molecule has 1 aromatic carbocycles. The second-order valence-electron chi connectivity index (χ2n) is 4.97. The third-order valence-electron chi connectivity index (χ3n) is 3.43. The van der Waals surface area contributed by atoms with Crippen LogP contribution in [0.3, 0.4) is 0 Å². The molecule has 0 saturated carbocycles. The Morgan fingerprint density at radius 2 is 1.89 bits per heavy atom. The van der Waals surface area contributed by atoms with Crippen molar-refractivity contribution in [1.82, 2.24) is 4.31 Å². The number of rotatable bonds is 5. The summed E-state index contributed by atoms with van der Waals surface area (Å²) >= 11 is 0. The number of sulfonamides is 1. The van der Waals surface area contributed by atoms with Crippen LogP contribution in [0, 0.1) is 11.7 Å². The van der Waals surface area contributed by atoms with Gasteiger partial charge in [0, 0.05) is 19.6 Å². The Bertz CT molecular complexity index is 544. The first-order valence-corrected chi connectivity index (χ1v) is 7.62. The van der Waals surface area contributed by atoms with Gasteiger partial charge in [-0.1, -0.05) is 19.9 Å². The van der Waals surface area contributed by atoms with Crippen molar-refractivity contribution in [3.8, 4) is 0 Å². The van der Waals surface area contributed by atoms with Gasteiger partial charge in [0.2, 0.25) is 10.0 Å². The molecular formula is C13H21FN2O2S. The van der Waals surface area contributed by atoms with E-state index < -0.39 is 15.8 Å². The number of benzene rings is 1. The van der Waals surface area contributed by atoms with Crippen LogP contribution in [0.5, 0.6) is 0 Å². The lowest BCUT2D eigenvalue weighted by Crippen LogP contribution is -2.38. The zero-order valence-electron chi connectivity index (χ0n) is 11.7. The van der Waals surface area contributed by atoms with Gasteiger partial charge in [-0.3, -0.25) is 0 Å². The van der Waals surface area contributed by atoms with Gasteiger partial charge < -0.3 is 5.73 Å². The minimum absolute atomic E-state index is 0.145. The highest BCUT2D eigenvalue weighted by Crippen LogP contribution is 2.23. The van der Waals surface area contributed by atoms with Crippen LogP contribution in [0.1, 0.15) is 26.3 Å². The van der Waals surface area contributed by atoms with Gasteiger partial charge in [-0.2, -0.15) is 4.31 Å². The molecule has 0 heterocycles. The van der Waals surface area contributed by atoms with Crippen LogP contribution in [-0.4, -0.2) is 25.8 Å². The molecule has 6 heteroatoms. The van der Waals surface area contributed by atoms with Gasteiger partial charge in [0.05, 0.1) is 0 Å². The SMILES string of the molecule is CC(C)C(C)N(C)S(=O)(=O)c1ccc(CN)cc1F. The van der Waals surface area contributed by atoms with Crippen LogP contribution in [0.15, 0.2) is 23.1 Å². The van der Waals surface area contributed by atoms with Gasteiger partial charge in [0.15, 0.2) is 0 Å². The standard InChI is InChI=1S/C13H21FN2O2S/c1-9(2)10(3)16(4)19(17,18)13-6-5-11(8-15)7-12(13)14/h5-7,9-10H,8,15H2,1-4H3. The summed E-state index contributed by atoms with van der Waals surface area (Å²) in [6, 6.07) is 3.76. The van der Waals surface area contributed by atoms with Crippen LogP contribution in [-0.2, 0) is 16.6 Å². The van der Waals surface area contributed by atoms with Gasteiger partial charge >= 0.3 is 0 Å². The van der Waals surface area contributed by atoms with E-state index >= 15 is 0 Å². The van der Waals surface area contributed by atoms with E-state index in [2.05, 4.69) is 0 Å². The first kappa shape index (κ1) is 16.1. The van der Waals surface area contributed by atoms with Gasteiger partial charge in [-0.25, -0.2) is 12.8 Å². The Morgan fingerprint density at radius 1 is 1.32 bits per heavy atom. The quantitative estimate of drug-likeness (QED) is 0.900. The van der Waals surface area contributed by atoms with Crippen molar-refractivity contribution >= 4 is 10.0 Å². The van der Waals surface area contributed by atoms with Gasteiger partial charge in [0.1, 0.15) is 10.7 Å². The van der Waals surface area contributed by atoms with E-state index in [0.717, 1.165) is 0 Å². The summed E-state index contributed by atoms with van der Waals surface area (Å²) in [6.07, 6.45) is 0. The molecule has 0 saturated heterocycles. The van der Waals surface area contributed by atoms with E-state index in [9.17, 15) is 12.8 Å². The van der Waals surface area contributed by atoms with Crippen molar-refractivity contribution < 1.29 is 12.8 Å². The third kappa shape index (κ3) is 3.32. The first-order valence-electron chi connectivity index (χ1n) is 6.18. The number of nitrogens with zero attached hydrogens (tertiary/aromatic N) is 1. The molecule has 1 rings (SSSR count). The second kappa shape index (κ2) is 5.98. The molecule has 1 atom stereocenters. The Morgan fingerprint density at radius 3 is 2.32 bits per heavy atom. The van der Waals surface area contributed by atoms with Crippen molar-refractivity contribution in [2.75, 3.05) is 7.05 Å². The first-order chi connectivity index (χ1) is 8.71. The molecule has 0 aromatic heterocycles. The maximum atomic E-state index is 13.9. The summed E-state index contributed by atoms with van der Waals surface area (Å²) in [5.74, 6) is -0.614. The van der Waals surface area contributed by atoms with Crippen molar-refractivity contribution in [2.24, 2.45) is 11.7 Å². The minimum Gasteiger partial charge on any atom is -0.326 e. The van der Waals surface area contributed by atoms with Crippen LogP contribution in [0.4, 0.5) is 4.39 Å². The summed E-state index contributed by atoms with van der Waals surface area (Å²) in [4.78, 5) is -0.306. The van der Waals surface area contributed by atoms with Crippen LogP contribution in [0.25, 0.3) is 0 Å². The number of hydrogen-bond acceptors (Lipinski definition) is 3. The predicted molar refractivity (Wildman–Crippen MR) is 73.5 cm³/mol. The number of nitrogens with two attached hydrogens (primary N) is 1. The van der Waals surface area contributed by atoms with E-state index in [1.165, 1.54) is 29.6 Å². The van der Waals surface area contributed by atoms with Crippen molar-refractivity contribution in [1.29, 1.82) is 0 Å². The lowest BCUT2D eigenvalue weighted by atomic mass is 10.1. The fourth-order valence-electron chi connectivity index (χ4n) is 1.67. The monoisotopic (exact) mass is 288 g/mol. The Kier molecular flexibility index (Phi) is 5.06. The highest BCUT2D eigenvalue weighted by molar-refractivity contribution is 7.89. The van der Waals surface area contributed by atoms with E-state index in [1.54, 1.807) is 6.92 Å². The Labute approximate surface area is 114 Å². The summed E-state index contributed by atoms with van der Waals surface area (Å²) in [6.45, 7) is 5.82. The summed E-state index contributed by atoms with van der Waals surface area (Å²) in [5.41, 5.74) is 5.96. The fourth-order valence-corrected chi connectivity index (χ4v) is 3.21. The topological polar surface area (TPSA) is 63.4 Å². The van der Waals surface area contributed by atoms with Gasteiger partial charge in [-0.05, 0) is 30.5 Å². The molecule has 0 aliphatic carbocycles. The molecule has 0 radical (unpaired) electrons. The molecule has 19 heavy (non-hydrogen) atoms. The normalized spacial score (nSPS) is 14.1. The molecule has 1 aromatic rings. The molecule has 1 unspecified atom stereocenters. The molecule has 0 fully saturated rings. The molecule has 4 nitrogen and oxygen atoms in total. The Balaban J connectivity index is 3.20. The lowest BCUT2D eigenvalue weighted by molar-refractivity contribution is 0.314. The van der Waals surface area contributed by atoms with Crippen LogP contribution >= 0.6 is 0 Å². The molecule has 0 spiro atoms. The molecule has 0 aliphatic rings. The smallest absolute Gasteiger partial charge is 0.245 e. The highest BCUT2D eigenvalue weighted by Gasteiger charge is 2.29. The highest BCUT2D eigenvalue weighted by atomic mass is 32.2. The van der Waals surface area contributed by atoms with E-state index in [0.29, 0.717) is 5.56 Å². The largest absolute Gasteiger partial charge is 0.326 e. The Hall–Kier alpha value is -0.980. The molecule has 2 N–H and O–H groups in total. The minimum atomic E-state index is -3.82. The molecule has 108 valence electrons. The van der Waals surface area contributed by atoms with E-state index in [4.69, 9.17) is 5.73 Å². The second-order valence-corrected chi connectivity index (χ2v) is 6.94. The zero-order valence-corrected chi connectivity index (χ0v) is 12.5. The predicted octanol–water partition coefficient (Wildman–Crippen LogP) is 1.95. The lowest BCUT2D eigenvalue weighted by Gasteiger charge is -2.27. The molecular weight excluding hydrogens is 267 g/mol. The maximum absolute atomic E-state index is 13.9. The van der Waals surface area contributed by atoms with Crippen LogP contribution in [0.2, 0.25) is 0 Å². The maximum Gasteiger partial charge on any atom is 0.245 e. The molecule has 0 aliphatic heterocycles. The number of hydrogen-bond donors (Lipinski definition) is 1.